The molecule has 0 bridgehead atoms. The van der Waals surface area contributed by atoms with Crippen molar-refractivity contribution >= 4 is 38.9 Å². The Balaban J connectivity index is 1.88. The number of hydrogen-bond acceptors (Lipinski definition) is 4. The van der Waals surface area contributed by atoms with Crippen molar-refractivity contribution in [3.63, 3.8) is 0 Å². The second-order valence-corrected chi connectivity index (χ2v) is 9.85. The van der Waals surface area contributed by atoms with Gasteiger partial charge >= 0.3 is 0 Å². The Kier molecular flexibility index (Phi) is 6.57. The highest BCUT2D eigenvalue weighted by Crippen LogP contribution is 2.28. The zero-order chi connectivity index (χ0) is 19.4. The van der Waals surface area contributed by atoms with E-state index in [1.807, 2.05) is 24.4 Å². The number of benzene rings is 1. The molecule has 1 aromatic heterocycles. The van der Waals surface area contributed by atoms with Gasteiger partial charge < -0.3 is 4.90 Å². The summed E-state index contributed by atoms with van der Waals surface area (Å²) in [6, 6.07) is 8.45. The smallest absolute Gasteiger partial charge is 0.254 e. The molecule has 1 aromatic carbocycles. The molecule has 0 radical (unpaired) electrons. The lowest BCUT2D eigenvalue weighted by Gasteiger charge is -2.26. The monoisotopic (exact) mass is 426 g/mol. The van der Waals surface area contributed by atoms with Gasteiger partial charge in [0, 0.05) is 30.1 Å². The highest BCUT2D eigenvalue weighted by atomic mass is 35.5. The SMILES string of the molecule is CCN(Cc1cccs1)C(=O)c1ccc(Cl)c(S(=O)(=O)N2CCCCC2)c1. The number of halogens is 1. The average Bonchev–Trinajstić information content (AvgIpc) is 3.19. The minimum atomic E-state index is -3.70. The van der Waals surface area contributed by atoms with Gasteiger partial charge in [0.1, 0.15) is 4.90 Å². The number of carbonyl (C=O) groups excluding carboxylic acids is 1. The zero-order valence-corrected chi connectivity index (χ0v) is 17.6. The molecule has 1 amide bonds. The van der Waals surface area contributed by atoms with Crippen LogP contribution in [0.2, 0.25) is 5.02 Å². The van der Waals surface area contributed by atoms with Crippen molar-refractivity contribution in [2.24, 2.45) is 0 Å². The Bertz CT molecular complexity index is 892. The van der Waals surface area contributed by atoms with Gasteiger partial charge in [-0.3, -0.25) is 4.79 Å². The summed E-state index contributed by atoms with van der Waals surface area (Å²) in [7, 11) is -3.70. The standard InChI is InChI=1S/C19H23ClN2O3S2/c1-2-21(14-16-7-6-12-26-16)19(23)15-8-9-17(20)18(13-15)27(24,25)22-10-4-3-5-11-22/h6-9,12-13H,2-5,10-11,14H2,1H3. The van der Waals surface area contributed by atoms with Crippen LogP contribution in [0, 0.1) is 0 Å². The molecule has 0 unspecified atom stereocenters. The van der Waals surface area contributed by atoms with Gasteiger partial charge in [0.15, 0.2) is 0 Å². The predicted molar refractivity (Wildman–Crippen MR) is 109 cm³/mol. The Morgan fingerprint density at radius 1 is 1.22 bits per heavy atom. The van der Waals surface area contributed by atoms with Crippen LogP contribution in [0.3, 0.4) is 0 Å². The average molecular weight is 427 g/mol. The van der Waals surface area contributed by atoms with E-state index < -0.39 is 10.0 Å². The summed E-state index contributed by atoms with van der Waals surface area (Å²) in [4.78, 5) is 15.8. The van der Waals surface area contributed by atoms with Gasteiger partial charge in [-0.1, -0.05) is 24.1 Å². The molecule has 1 aliphatic rings. The minimum absolute atomic E-state index is 0.0177. The Labute approximate surface area is 169 Å². The van der Waals surface area contributed by atoms with E-state index in [0.29, 0.717) is 31.7 Å². The summed E-state index contributed by atoms with van der Waals surface area (Å²) in [6.07, 6.45) is 2.73. The summed E-state index contributed by atoms with van der Waals surface area (Å²) >= 11 is 7.79. The number of hydrogen-bond donors (Lipinski definition) is 0. The van der Waals surface area contributed by atoms with Crippen molar-refractivity contribution in [1.82, 2.24) is 9.21 Å². The normalized spacial score (nSPS) is 15.6. The van der Waals surface area contributed by atoms with E-state index in [-0.39, 0.29) is 15.8 Å². The molecular weight excluding hydrogens is 404 g/mol. The zero-order valence-electron chi connectivity index (χ0n) is 15.2. The first-order valence-corrected chi connectivity index (χ1v) is 11.7. The van der Waals surface area contributed by atoms with Gasteiger partial charge in [-0.05, 0) is 49.4 Å². The van der Waals surface area contributed by atoms with E-state index in [9.17, 15) is 13.2 Å². The van der Waals surface area contributed by atoms with Crippen LogP contribution in [0.25, 0.3) is 0 Å². The lowest BCUT2D eigenvalue weighted by Crippen LogP contribution is -2.36. The first-order chi connectivity index (χ1) is 12.9. The molecule has 2 heterocycles. The summed E-state index contributed by atoms with van der Waals surface area (Å²) < 4.78 is 27.5. The fraction of sp³-hybridized carbons (Fsp3) is 0.421. The van der Waals surface area contributed by atoms with E-state index in [1.165, 1.54) is 16.4 Å². The van der Waals surface area contributed by atoms with E-state index >= 15 is 0 Å². The molecule has 0 saturated carbocycles. The van der Waals surface area contributed by atoms with E-state index in [1.54, 1.807) is 22.3 Å². The molecule has 1 saturated heterocycles. The number of amides is 1. The second kappa shape index (κ2) is 8.73. The maximum absolute atomic E-state index is 13.0. The molecular formula is C19H23ClN2O3S2. The van der Waals surface area contributed by atoms with Crippen molar-refractivity contribution in [2.45, 2.75) is 37.6 Å². The van der Waals surface area contributed by atoms with Crippen molar-refractivity contribution in [3.05, 3.63) is 51.2 Å². The number of rotatable bonds is 6. The van der Waals surface area contributed by atoms with Crippen LogP contribution in [0.15, 0.2) is 40.6 Å². The Hall–Kier alpha value is -1.41. The third-order valence-corrected chi connectivity index (χ3v) is 7.95. The molecule has 1 aliphatic heterocycles. The van der Waals surface area contributed by atoms with Gasteiger partial charge in [-0.25, -0.2) is 8.42 Å². The highest BCUT2D eigenvalue weighted by molar-refractivity contribution is 7.89. The van der Waals surface area contributed by atoms with Crippen molar-refractivity contribution < 1.29 is 13.2 Å². The molecule has 0 atom stereocenters. The molecule has 5 nitrogen and oxygen atoms in total. The van der Waals surface area contributed by atoms with Gasteiger partial charge in [-0.15, -0.1) is 11.3 Å². The second-order valence-electron chi connectivity index (χ2n) is 6.51. The Morgan fingerprint density at radius 3 is 2.59 bits per heavy atom. The van der Waals surface area contributed by atoms with Gasteiger partial charge in [0.05, 0.1) is 11.6 Å². The largest absolute Gasteiger partial charge is 0.334 e. The van der Waals surface area contributed by atoms with E-state index in [2.05, 4.69) is 0 Å². The van der Waals surface area contributed by atoms with Crippen LogP contribution >= 0.6 is 22.9 Å². The summed E-state index contributed by atoms with van der Waals surface area (Å²) in [5.41, 5.74) is 0.341. The van der Waals surface area contributed by atoms with Crippen LogP contribution in [0.4, 0.5) is 0 Å². The lowest BCUT2D eigenvalue weighted by atomic mass is 10.2. The molecule has 0 N–H and O–H groups in total. The molecule has 146 valence electrons. The number of nitrogens with zero attached hydrogens (tertiary/aromatic N) is 2. The molecule has 27 heavy (non-hydrogen) atoms. The quantitative estimate of drug-likeness (QED) is 0.694. The van der Waals surface area contributed by atoms with Gasteiger partial charge in [-0.2, -0.15) is 4.31 Å². The molecule has 8 heteroatoms. The molecule has 2 aromatic rings. The van der Waals surface area contributed by atoms with Crippen LogP contribution in [-0.4, -0.2) is 43.2 Å². The minimum Gasteiger partial charge on any atom is -0.334 e. The third-order valence-electron chi connectivity index (χ3n) is 4.71. The maximum atomic E-state index is 13.0. The lowest BCUT2D eigenvalue weighted by molar-refractivity contribution is 0.0754. The summed E-state index contributed by atoms with van der Waals surface area (Å²) in [6.45, 7) is 3.94. The molecule has 0 spiro atoms. The fourth-order valence-electron chi connectivity index (χ4n) is 3.18. The number of piperidine rings is 1. The molecule has 1 fully saturated rings. The Morgan fingerprint density at radius 2 is 1.96 bits per heavy atom. The third kappa shape index (κ3) is 4.54. The number of thiophene rings is 1. The van der Waals surface area contributed by atoms with Crippen LogP contribution < -0.4 is 0 Å². The van der Waals surface area contributed by atoms with E-state index in [0.717, 1.165) is 24.1 Å². The summed E-state index contributed by atoms with van der Waals surface area (Å²) in [5, 5.41) is 2.12. The first kappa shape index (κ1) is 20.3. The van der Waals surface area contributed by atoms with Crippen molar-refractivity contribution in [3.8, 4) is 0 Å². The van der Waals surface area contributed by atoms with Gasteiger partial charge in [0.2, 0.25) is 10.0 Å². The highest BCUT2D eigenvalue weighted by Gasteiger charge is 2.29. The number of sulfonamides is 1. The topological polar surface area (TPSA) is 57.7 Å². The molecule has 3 rings (SSSR count). The first-order valence-electron chi connectivity index (χ1n) is 9.05. The van der Waals surface area contributed by atoms with Crippen molar-refractivity contribution in [2.75, 3.05) is 19.6 Å². The van der Waals surface area contributed by atoms with Crippen molar-refractivity contribution in [1.29, 1.82) is 0 Å². The predicted octanol–water partition coefficient (Wildman–Crippen LogP) is 4.24. The number of carbonyl (C=O) groups is 1. The van der Waals surface area contributed by atoms with Gasteiger partial charge in [0.25, 0.3) is 5.91 Å². The maximum Gasteiger partial charge on any atom is 0.254 e. The molecule has 0 aliphatic carbocycles. The van der Waals surface area contributed by atoms with Crippen LogP contribution in [0.5, 0.6) is 0 Å². The van der Waals surface area contributed by atoms with Crippen LogP contribution in [-0.2, 0) is 16.6 Å². The van der Waals surface area contributed by atoms with E-state index in [4.69, 9.17) is 11.6 Å². The summed E-state index contributed by atoms with van der Waals surface area (Å²) in [5.74, 6) is -0.197. The fourth-order valence-corrected chi connectivity index (χ4v) is 5.92. The van der Waals surface area contributed by atoms with Crippen LogP contribution in [0.1, 0.15) is 41.4 Å².